The maximum absolute atomic E-state index is 12.2. The van der Waals surface area contributed by atoms with Crippen molar-refractivity contribution in [2.45, 2.75) is 63.5 Å². The summed E-state index contributed by atoms with van der Waals surface area (Å²) in [4.78, 5) is 14.7. The van der Waals surface area contributed by atoms with Gasteiger partial charge in [-0.3, -0.25) is 4.79 Å². The first-order valence-electron chi connectivity index (χ1n) is 9.56. The minimum atomic E-state index is -0.379. The lowest BCUT2D eigenvalue weighted by molar-refractivity contribution is -0.165. The smallest absolute Gasteiger partial charge is 0.309 e. The van der Waals surface area contributed by atoms with Crippen LogP contribution in [0.4, 0.5) is 0 Å². The van der Waals surface area contributed by atoms with E-state index in [1.165, 1.54) is 5.56 Å². The molecule has 0 aromatic heterocycles. The topological polar surface area (TPSA) is 38.8 Å². The molecule has 1 saturated heterocycles. The molecule has 2 fully saturated rings. The Bertz CT molecular complexity index is 649. The van der Waals surface area contributed by atoms with Gasteiger partial charge in [0.1, 0.15) is 11.4 Å². The summed E-state index contributed by atoms with van der Waals surface area (Å²) >= 11 is 0. The van der Waals surface area contributed by atoms with Crippen LogP contribution in [0.1, 0.15) is 52.0 Å². The molecule has 0 amide bonds. The fourth-order valence-corrected chi connectivity index (χ4v) is 4.52. The van der Waals surface area contributed by atoms with E-state index in [2.05, 4.69) is 29.2 Å². The molecule has 1 aliphatic carbocycles. The molecule has 4 rings (SSSR count). The van der Waals surface area contributed by atoms with Gasteiger partial charge < -0.3 is 14.4 Å². The number of nitrogens with zero attached hydrogens (tertiary/aromatic N) is 1. The van der Waals surface area contributed by atoms with E-state index in [-0.39, 0.29) is 22.9 Å². The second-order valence-electron chi connectivity index (χ2n) is 8.96. The van der Waals surface area contributed by atoms with Gasteiger partial charge >= 0.3 is 5.97 Å². The molecule has 4 heteroatoms. The molecule has 0 unspecified atom stereocenters. The minimum absolute atomic E-state index is 0.0182. The lowest BCUT2D eigenvalue weighted by Gasteiger charge is -2.47. The number of hydrogen-bond donors (Lipinski definition) is 0. The zero-order chi connectivity index (χ0) is 17.7. The Morgan fingerprint density at radius 1 is 1.20 bits per heavy atom. The van der Waals surface area contributed by atoms with E-state index in [9.17, 15) is 4.79 Å². The van der Waals surface area contributed by atoms with Crippen LogP contribution in [0.2, 0.25) is 0 Å². The van der Waals surface area contributed by atoms with Crippen molar-refractivity contribution in [3.63, 3.8) is 0 Å². The molecule has 1 spiro atoms. The number of carbonyl (C=O) groups excluding carboxylic acids is 1. The van der Waals surface area contributed by atoms with Gasteiger partial charge in [-0.05, 0) is 65.6 Å². The second-order valence-corrected chi connectivity index (χ2v) is 8.96. The summed E-state index contributed by atoms with van der Waals surface area (Å²) < 4.78 is 11.5. The van der Waals surface area contributed by atoms with Crippen molar-refractivity contribution >= 4 is 5.97 Å². The molecule has 0 radical (unpaired) electrons. The third-order valence-corrected chi connectivity index (χ3v) is 6.09. The maximum Gasteiger partial charge on any atom is 0.309 e. The monoisotopic (exact) mass is 343 g/mol. The Labute approximate surface area is 150 Å². The third kappa shape index (κ3) is 3.17. The number of esters is 1. The molecule has 25 heavy (non-hydrogen) atoms. The molecule has 1 aromatic rings. The molecule has 0 N–H and O–H groups in total. The molecule has 0 bridgehead atoms. The second kappa shape index (κ2) is 6.01. The predicted octanol–water partition coefficient (Wildman–Crippen LogP) is 3.53. The normalized spacial score (nSPS) is 28.1. The SMILES string of the molecule is CC(C)(C)OC(=O)C1CC(N2CCC3(CC2)COc2ccccc23)C1. The van der Waals surface area contributed by atoms with Gasteiger partial charge in [0.15, 0.2) is 0 Å². The molecule has 1 aromatic carbocycles. The first-order valence-corrected chi connectivity index (χ1v) is 9.56. The van der Waals surface area contributed by atoms with Gasteiger partial charge in [-0.2, -0.15) is 0 Å². The van der Waals surface area contributed by atoms with Crippen molar-refractivity contribution in [2.75, 3.05) is 19.7 Å². The van der Waals surface area contributed by atoms with Crippen LogP contribution in [0.3, 0.4) is 0 Å². The van der Waals surface area contributed by atoms with Gasteiger partial charge in [0.25, 0.3) is 0 Å². The third-order valence-electron chi connectivity index (χ3n) is 6.09. The van der Waals surface area contributed by atoms with Gasteiger partial charge in [-0.15, -0.1) is 0 Å². The summed E-state index contributed by atoms with van der Waals surface area (Å²) in [6, 6.07) is 9.05. The molecule has 4 nitrogen and oxygen atoms in total. The number of hydrogen-bond acceptors (Lipinski definition) is 4. The van der Waals surface area contributed by atoms with E-state index in [1.807, 2.05) is 20.8 Å². The average molecular weight is 343 g/mol. The lowest BCUT2D eigenvalue weighted by Crippen LogP contribution is -2.53. The molecule has 0 atom stereocenters. The number of ether oxygens (including phenoxy) is 2. The largest absolute Gasteiger partial charge is 0.492 e. The Hall–Kier alpha value is -1.55. The van der Waals surface area contributed by atoms with Crippen LogP contribution in [0.25, 0.3) is 0 Å². The Morgan fingerprint density at radius 3 is 2.56 bits per heavy atom. The van der Waals surface area contributed by atoms with Gasteiger partial charge in [-0.25, -0.2) is 0 Å². The molecule has 2 aliphatic heterocycles. The van der Waals surface area contributed by atoms with Gasteiger partial charge in [0.05, 0.1) is 12.5 Å². The number of para-hydroxylation sites is 1. The Kier molecular flexibility index (Phi) is 4.06. The summed E-state index contributed by atoms with van der Waals surface area (Å²) in [5, 5.41) is 0. The highest BCUT2D eigenvalue weighted by Crippen LogP contribution is 2.46. The van der Waals surface area contributed by atoms with Crippen molar-refractivity contribution < 1.29 is 14.3 Å². The van der Waals surface area contributed by atoms with Crippen LogP contribution < -0.4 is 4.74 Å². The fourth-order valence-electron chi connectivity index (χ4n) is 4.52. The molecule has 1 saturated carbocycles. The van der Waals surface area contributed by atoms with E-state index in [4.69, 9.17) is 9.47 Å². The van der Waals surface area contributed by atoms with Crippen LogP contribution in [0.5, 0.6) is 5.75 Å². The quantitative estimate of drug-likeness (QED) is 0.770. The van der Waals surface area contributed by atoms with Crippen molar-refractivity contribution in [1.82, 2.24) is 4.90 Å². The minimum Gasteiger partial charge on any atom is -0.492 e. The first kappa shape index (κ1) is 16.9. The predicted molar refractivity (Wildman–Crippen MR) is 96.8 cm³/mol. The summed E-state index contributed by atoms with van der Waals surface area (Å²) in [5.41, 5.74) is 1.23. The van der Waals surface area contributed by atoms with E-state index in [0.29, 0.717) is 6.04 Å². The van der Waals surface area contributed by atoms with Crippen molar-refractivity contribution in [3.05, 3.63) is 29.8 Å². The zero-order valence-electron chi connectivity index (χ0n) is 15.6. The van der Waals surface area contributed by atoms with Gasteiger partial charge in [0, 0.05) is 17.0 Å². The van der Waals surface area contributed by atoms with E-state index < -0.39 is 0 Å². The number of rotatable bonds is 2. The summed E-state index contributed by atoms with van der Waals surface area (Å²) in [6.45, 7) is 8.84. The zero-order valence-corrected chi connectivity index (χ0v) is 15.6. The van der Waals surface area contributed by atoms with Crippen molar-refractivity contribution in [2.24, 2.45) is 5.92 Å². The summed E-state index contributed by atoms with van der Waals surface area (Å²) in [7, 11) is 0. The van der Waals surface area contributed by atoms with Crippen molar-refractivity contribution in [3.8, 4) is 5.75 Å². The van der Waals surface area contributed by atoms with Crippen LogP contribution in [0.15, 0.2) is 24.3 Å². The van der Waals surface area contributed by atoms with Crippen LogP contribution in [0, 0.1) is 5.92 Å². The van der Waals surface area contributed by atoms with Gasteiger partial charge in [0.2, 0.25) is 0 Å². The van der Waals surface area contributed by atoms with Crippen LogP contribution >= 0.6 is 0 Å². The molecular formula is C21H29NO3. The highest BCUT2D eigenvalue weighted by Gasteiger charge is 2.46. The number of carbonyl (C=O) groups is 1. The summed E-state index contributed by atoms with van der Waals surface area (Å²) in [6.07, 6.45) is 4.21. The van der Waals surface area contributed by atoms with E-state index in [0.717, 1.165) is 51.1 Å². The molecule has 2 heterocycles. The number of piperidine rings is 1. The van der Waals surface area contributed by atoms with E-state index >= 15 is 0 Å². The number of likely N-dealkylation sites (tertiary alicyclic amines) is 1. The highest BCUT2D eigenvalue weighted by atomic mass is 16.6. The highest BCUT2D eigenvalue weighted by molar-refractivity contribution is 5.74. The van der Waals surface area contributed by atoms with Gasteiger partial charge in [-0.1, -0.05) is 18.2 Å². The number of fused-ring (bicyclic) bond motifs is 2. The van der Waals surface area contributed by atoms with E-state index in [1.54, 1.807) is 0 Å². The van der Waals surface area contributed by atoms with Crippen LogP contribution in [-0.4, -0.2) is 42.2 Å². The standard InChI is InChI=1S/C21H29NO3/c1-20(2,3)25-19(23)15-12-16(13-15)22-10-8-21(9-11-22)14-24-18-7-5-4-6-17(18)21/h4-7,15-16H,8-14H2,1-3H3. The molecular weight excluding hydrogens is 314 g/mol. The molecule has 136 valence electrons. The lowest BCUT2D eigenvalue weighted by atomic mass is 9.72. The Balaban J connectivity index is 1.31. The fraction of sp³-hybridized carbons (Fsp3) is 0.667. The first-order chi connectivity index (χ1) is 11.9. The number of benzene rings is 1. The maximum atomic E-state index is 12.2. The van der Waals surface area contributed by atoms with Crippen molar-refractivity contribution in [1.29, 1.82) is 0 Å². The molecule has 3 aliphatic rings. The Morgan fingerprint density at radius 2 is 1.88 bits per heavy atom. The average Bonchev–Trinajstić information content (AvgIpc) is 2.85. The summed E-state index contributed by atoms with van der Waals surface area (Å²) in [5.74, 6) is 1.15. The van der Waals surface area contributed by atoms with Crippen LogP contribution in [-0.2, 0) is 14.9 Å².